The number of aliphatic carboxylic acids is 2. The van der Waals surface area contributed by atoms with Gasteiger partial charge in [0, 0.05) is 30.4 Å². The molecule has 0 aliphatic rings. The third kappa shape index (κ3) is 9.09. The Morgan fingerprint density at radius 3 is 2.41 bits per heavy atom. The Morgan fingerprint density at radius 2 is 1.83 bits per heavy atom. The number of aromatic nitrogens is 2. The first-order valence-electron chi connectivity index (χ1n) is 8.01. The van der Waals surface area contributed by atoms with Crippen molar-refractivity contribution in [2.75, 3.05) is 18.1 Å². The van der Waals surface area contributed by atoms with Gasteiger partial charge in [-0.05, 0) is 19.1 Å². The summed E-state index contributed by atoms with van der Waals surface area (Å²) in [6.07, 6.45) is -1.19. The van der Waals surface area contributed by atoms with Crippen molar-refractivity contribution >= 4 is 45.1 Å². The maximum absolute atomic E-state index is 12.2. The van der Waals surface area contributed by atoms with Gasteiger partial charge in [0.2, 0.25) is 0 Å². The number of carboxylic acid groups (broad SMARTS) is 2. The molecule has 0 saturated heterocycles. The van der Waals surface area contributed by atoms with E-state index in [1.54, 1.807) is 16.9 Å². The SMILES string of the molecule is Cc1cn2cccc(C(=O)NCCSSCCC(=O)O)c2n1.O=C(O)C(F)(F)F. The van der Waals surface area contributed by atoms with Crippen molar-refractivity contribution in [1.29, 1.82) is 0 Å². The van der Waals surface area contributed by atoms with Gasteiger partial charge in [0.1, 0.15) is 5.65 Å². The predicted octanol–water partition coefficient (Wildman–Crippen LogP) is 2.86. The van der Waals surface area contributed by atoms with E-state index in [4.69, 9.17) is 15.0 Å². The Bertz CT molecular complexity index is 858. The molecular weight excluding hydrogens is 435 g/mol. The number of aryl methyl sites for hydroxylation is 1. The van der Waals surface area contributed by atoms with E-state index in [-0.39, 0.29) is 12.3 Å². The van der Waals surface area contributed by atoms with Gasteiger partial charge in [0.15, 0.2) is 0 Å². The maximum Gasteiger partial charge on any atom is 0.490 e. The predicted molar refractivity (Wildman–Crippen MR) is 103 cm³/mol. The second-order valence-corrected chi connectivity index (χ2v) is 8.08. The lowest BCUT2D eigenvalue weighted by Crippen LogP contribution is -2.26. The van der Waals surface area contributed by atoms with Crippen molar-refractivity contribution in [3.63, 3.8) is 0 Å². The number of nitrogens with zero attached hydrogens (tertiary/aromatic N) is 2. The van der Waals surface area contributed by atoms with Crippen molar-refractivity contribution in [1.82, 2.24) is 14.7 Å². The summed E-state index contributed by atoms with van der Waals surface area (Å²) in [5, 5.41) is 18.5. The van der Waals surface area contributed by atoms with Crippen LogP contribution in [0.25, 0.3) is 5.65 Å². The number of carbonyl (C=O) groups is 3. The van der Waals surface area contributed by atoms with Gasteiger partial charge in [-0.3, -0.25) is 9.59 Å². The number of rotatable bonds is 8. The molecule has 0 saturated carbocycles. The van der Waals surface area contributed by atoms with E-state index >= 15 is 0 Å². The van der Waals surface area contributed by atoms with Crippen LogP contribution in [-0.2, 0) is 9.59 Å². The van der Waals surface area contributed by atoms with Gasteiger partial charge in [-0.2, -0.15) is 13.2 Å². The van der Waals surface area contributed by atoms with Crippen LogP contribution in [0.5, 0.6) is 0 Å². The first-order chi connectivity index (χ1) is 13.5. The summed E-state index contributed by atoms with van der Waals surface area (Å²) in [6, 6.07) is 3.57. The Kier molecular flexibility index (Phi) is 9.81. The minimum Gasteiger partial charge on any atom is -0.481 e. The molecule has 0 radical (unpaired) electrons. The van der Waals surface area contributed by atoms with Crippen LogP contribution in [-0.4, -0.2) is 61.7 Å². The van der Waals surface area contributed by atoms with Crippen molar-refractivity contribution in [3.8, 4) is 0 Å². The van der Waals surface area contributed by atoms with Crippen LogP contribution in [0.2, 0.25) is 0 Å². The number of amides is 1. The zero-order valence-corrected chi connectivity index (χ0v) is 16.7. The summed E-state index contributed by atoms with van der Waals surface area (Å²) in [6.45, 7) is 2.42. The summed E-state index contributed by atoms with van der Waals surface area (Å²) >= 11 is 0. The lowest BCUT2D eigenvalue weighted by Gasteiger charge is -2.06. The number of nitrogens with one attached hydrogen (secondary N) is 1. The van der Waals surface area contributed by atoms with E-state index in [0.29, 0.717) is 23.5 Å². The van der Waals surface area contributed by atoms with Crippen LogP contribution in [0.15, 0.2) is 24.5 Å². The number of pyridine rings is 1. The molecule has 0 aromatic carbocycles. The minimum atomic E-state index is -5.08. The van der Waals surface area contributed by atoms with Gasteiger partial charge in [-0.1, -0.05) is 21.6 Å². The first-order valence-corrected chi connectivity index (χ1v) is 10.5. The molecule has 2 heterocycles. The molecule has 0 fully saturated rings. The smallest absolute Gasteiger partial charge is 0.481 e. The fourth-order valence-electron chi connectivity index (χ4n) is 1.86. The third-order valence-electron chi connectivity index (χ3n) is 3.04. The molecule has 2 rings (SSSR count). The Balaban J connectivity index is 0.000000516. The number of hydrogen-bond acceptors (Lipinski definition) is 6. The van der Waals surface area contributed by atoms with E-state index in [9.17, 15) is 22.8 Å². The lowest BCUT2D eigenvalue weighted by molar-refractivity contribution is -0.192. The monoisotopic (exact) mass is 453 g/mol. The molecule has 3 N–H and O–H groups in total. The van der Waals surface area contributed by atoms with Crippen LogP contribution in [0.3, 0.4) is 0 Å². The standard InChI is InChI=1S/C14H17N3O3S2.C2HF3O2/c1-10-9-17-6-2-3-11(13(17)16-10)14(20)15-5-8-22-21-7-4-12(18)19;3-2(4,5)1(6)7/h2-3,6,9H,4-5,7-8H2,1H3,(H,15,20)(H,18,19);(H,6,7). The molecule has 0 bridgehead atoms. The van der Waals surface area contributed by atoms with E-state index < -0.39 is 18.1 Å². The van der Waals surface area contributed by atoms with E-state index in [0.717, 1.165) is 11.4 Å². The summed E-state index contributed by atoms with van der Waals surface area (Å²) < 4.78 is 33.6. The molecular formula is C16H18F3N3O5S2. The first kappa shape index (κ1) is 24.6. The number of imidazole rings is 1. The lowest BCUT2D eigenvalue weighted by atomic mass is 10.2. The molecule has 29 heavy (non-hydrogen) atoms. The number of halogens is 3. The average Bonchev–Trinajstić information content (AvgIpc) is 3.00. The number of alkyl halides is 3. The summed E-state index contributed by atoms with van der Waals surface area (Å²) in [4.78, 5) is 35.8. The van der Waals surface area contributed by atoms with E-state index in [2.05, 4.69) is 10.3 Å². The highest BCUT2D eigenvalue weighted by Crippen LogP contribution is 2.21. The highest BCUT2D eigenvalue weighted by molar-refractivity contribution is 8.76. The second kappa shape index (κ2) is 11.6. The van der Waals surface area contributed by atoms with E-state index in [1.807, 2.05) is 29.8 Å². The molecule has 0 aliphatic carbocycles. The number of carboxylic acids is 2. The third-order valence-corrected chi connectivity index (χ3v) is 5.45. The minimum absolute atomic E-state index is 0.146. The molecule has 0 atom stereocenters. The van der Waals surface area contributed by atoms with Gasteiger partial charge in [0.05, 0.1) is 17.7 Å². The molecule has 2 aromatic heterocycles. The summed E-state index contributed by atoms with van der Waals surface area (Å²) in [5.74, 6) is -2.39. The molecule has 0 unspecified atom stereocenters. The Morgan fingerprint density at radius 1 is 1.21 bits per heavy atom. The quantitative estimate of drug-likeness (QED) is 0.412. The van der Waals surface area contributed by atoms with Crippen molar-refractivity contribution in [2.45, 2.75) is 19.5 Å². The Labute approximate surface area is 171 Å². The van der Waals surface area contributed by atoms with Crippen LogP contribution >= 0.6 is 21.6 Å². The highest BCUT2D eigenvalue weighted by atomic mass is 33.1. The second-order valence-electron chi connectivity index (χ2n) is 5.38. The van der Waals surface area contributed by atoms with Gasteiger partial charge in [-0.25, -0.2) is 9.78 Å². The average molecular weight is 453 g/mol. The van der Waals surface area contributed by atoms with Gasteiger partial charge in [-0.15, -0.1) is 0 Å². The molecule has 8 nitrogen and oxygen atoms in total. The molecule has 1 amide bonds. The van der Waals surface area contributed by atoms with Crippen LogP contribution < -0.4 is 5.32 Å². The zero-order valence-electron chi connectivity index (χ0n) is 15.1. The maximum atomic E-state index is 12.2. The normalized spacial score (nSPS) is 10.9. The van der Waals surface area contributed by atoms with Crippen LogP contribution in [0.1, 0.15) is 22.5 Å². The van der Waals surface area contributed by atoms with Crippen LogP contribution in [0.4, 0.5) is 13.2 Å². The summed E-state index contributed by atoms with van der Waals surface area (Å²) in [5.41, 5.74) is 2.07. The molecule has 13 heteroatoms. The van der Waals surface area contributed by atoms with Crippen molar-refractivity contribution in [2.24, 2.45) is 0 Å². The van der Waals surface area contributed by atoms with Gasteiger partial charge < -0.3 is 19.9 Å². The molecule has 2 aromatic rings. The topological polar surface area (TPSA) is 121 Å². The van der Waals surface area contributed by atoms with E-state index in [1.165, 1.54) is 10.8 Å². The fourth-order valence-corrected chi connectivity index (χ4v) is 3.75. The van der Waals surface area contributed by atoms with Crippen molar-refractivity contribution < 1.29 is 37.8 Å². The van der Waals surface area contributed by atoms with Gasteiger partial charge in [0.25, 0.3) is 5.91 Å². The number of fused-ring (bicyclic) bond motifs is 1. The van der Waals surface area contributed by atoms with Crippen LogP contribution in [0, 0.1) is 6.92 Å². The van der Waals surface area contributed by atoms with Crippen molar-refractivity contribution in [3.05, 3.63) is 35.8 Å². The molecule has 160 valence electrons. The highest BCUT2D eigenvalue weighted by Gasteiger charge is 2.38. The largest absolute Gasteiger partial charge is 0.490 e. The molecule has 0 spiro atoms. The summed E-state index contributed by atoms with van der Waals surface area (Å²) in [7, 11) is 3.06. The zero-order chi connectivity index (χ0) is 22.0. The fraction of sp³-hybridized carbons (Fsp3) is 0.375. The number of carbonyl (C=O) groups excluding carboxylic acids is 1. The number of hydrogen-bond donors (Lipinski definition) is 3. The molecule has 0 aliphatic heterocycles. The van der Waals surface area contributed by atoms with Gasteiger partial charge >= 0.3 is 18.1 Å². The Hall–Kier alpha value is -2.41.